The molecule has 0 aromatic carbocycles. The molecule has 2 saturated carbocycles. The minimum absolute atomic E-state index is 0.0152. The minimum atomic E-state index is -4.08. The van der Waals surface area contributed by atoms with Crippen molar-refractivity contribution < 1.29 is 22.9 Å². The van der Waals surface area contributed by atoms with Crippen LogP contribution in [0.15, 0.2) is 0 Å². The molecule has 0 aromatic heterocycles. The van der Waals surface area contributed by atoms with E-state index in [1.807, 2.05) is 13.8 Å². The van der Waals surface area contributed by atoms with E-state index < -0.39 is 21.3 Å². The van der Waals surface area contributed by atoms with Crippen molar-refractivity contribution in [2.45, 2.75) is 58.9 Å². The number of fused-ring (bicyclic) bond motifs is 2. The fraction of sp³-hybridized carbons (Fsp3) is 0.941. The van der Waals surface area contributed by atoms with Gasteiger partial charge in [0.25, 0.3) is 10.1 Å². The Balaban J connectivity index is 0.000000198. The third-order valence-corrected chi connectivity index (χ3v) is 7.45. The fourth-order valence-electron chi connectivity index (χ4n) is 4.63. The van der Waals surface area contributed by atoms with E-state index in [4.69, 9.17) is 9.66 Å². The molecule has 6 nitrogen and oxygen atoms in total. The largest absolute Gasteiger partial charge is 0.396 e. The number of aliphatic hydroxyl groups excluding tert-OH is 1. The Morgan fingerprint density at radius 3 is 2.29 bits per heavy atom. The maximum absolute atomic E-state index is 11.9. The summed E-state index contributed by atoms with van der Waals surface area (Å²) >= 11 is 0. The average molecular weight is 362 g/mol. The van der Waals surface area contributed by atoms with Crippen molar-refractivity contribution in [1.82, 2.24) is 5.32 Å². The highest BCUT2D eigenvalue weighted by Crippen LogP contribution is 2.64. The van der Waals surface area contributed by atoms with Gasteiger partial charge >= 0.3 is 0 Å². The quantitative estimate of drug-likeness (QED) is 0.660. The van der Waals surface area contributed by atoms with Gasteiger partial charge in [-0.25, -0.2) is 0 Å². The first-order chi connectivity index (χ1) is 11.0. The lowest BCUT2D eigenvalue weighted by Gasteiger charge is -2.35. The molecule has 3 aliphatic rings. The highest BCUT2D eigenvalue weighted by Gasteiger charge is 2.65. The third-order valence-electron chi connectivity index (χ3n) is 6.59. The summed E-state index contributed by atoms with van der Waals surface area (Å²) in [6.07, 6.45) is 4.37. The van der Waals surface area contributed by atoms with E-state index in [0.29, 0.717) is 31.4 Å². The van der Waals surface area contributed by atoms with Crippen LogP contribution < -0.4 is 5.32 Å². The monoisotopic (exact) mass is 361 g/mol. The molecule has 4 atom stereocenters. The molecule has 1 aliphatic heterocycles. The Morgan fingerprint density at radius 2 is 1.92 bits per heavy atom. The highest BCUT2D eigenvalue weighted by atomic mass is 32.2. The van der Waals surface area contributed by atoms with Crippen LogP contribution in [0, 0.1) is 22.7 Å². The summed E-state index contributed by atoms with van der Waals surface area (Å²) in [5, 5.41) is 12.1. The molecule has 3 fully saturated rings. The van der Waals surface area contributed by atoms with E-state index >= 15 is 0 Å². The molecule has 4 unspecified atom stereocenters. The van der Waals surface area contributed by atoms with Crippen molar-refractivity contribution in [2.24, 2.45) is 22.7 Å². The second-order valence-electron chi connectivity index (χ2n) is 8.33. The van der Waals surface area contributed by atoms with Crippen LogP contribution in [0.5, 0.6) is 0 Å². The zero-order valence-corrected chi connectivity index (χ0v) is 15.7. The Bertz CT molecular complexity index is 566. The van der Waals surface area contributed by atoms with Crippen LogP contribution in [-0.4, -0.2) is 48.8 Å². The van der Waals surface area contributed by atoms with E-state index in [1.54, 1.807) is 0 Å². The molecule has 140 valence electrons. The lowest BCUT2D eigenvalue weighted by atomic mass is 9.70. The zero-order valence-electron chi connectivity index (χ0n) is 14.9. The molecule has 0 aromatic rings. The van der Waals surface area contributed by atoms with Crippen LogP contribution in [0.3, 0.4) is 0 Å². The van der Waals surface area contributed by atoms with Crippen molar-refractivity contribution in [2.75, 3.05) is 18.9 Å². The third kappa shape index (κ3) is 3.84. The van der Waals surface area contributed by atoms with Crippen LogP contribution >= 0.6 is 0 Å². The number of rotatable bonds is 3. The van der Waals surface area contributed by atoms with Crippen LogP contribution in [0.1, 0.15) is 52.9 Å². The first-order valence-electron chi connectivity index (χ1n) is 8.84. The van der Waals surface area contributed by atoms with Crippen molar-refractivity contribution in [1.29, 1.82) is 0 Å². The number of ketones is 1. The predicted molar refractivity (Wildman–Crippen MR) is 92.3 cm³/mol. The molecule has 3 N–H and O–H groups in total. The zero-order chi connectivity index (χ0) is 18.2. The molecule has 0 amide bonds. The van der Waals surface area contributed by atoms with Crippen LogP contribution in [-0.2, 0) is 14.9 Å². The van der Waals surface area contributed by atoms with E-state index in [0.717, 1.165) is 13.0 Å². The Hall–Kier alpha value is -0.500. The van der Waals surface area contributed by atoms with Gasteiger partial charge in [0.05, 0.1) is 11.2 Å². The number of carbonyl (C=O) groups is 1. The fourth-order valence-corrected chi connectivity index (χ4v) is 5.93. The first-order valence-corrected chi connectivity index (χ1v) is 10.5. The lowest BCUT2D eigenvalue weighted by molar-refractivity contribution is -0.128. The highest BCUT2D eigenvalue weighted by molar-refractivity contribution is 7.85. The summed E-state index contributed by atoms with van der Waals surface area (Å²) in [7, 11) is -4.08. The average Bonchev–Trinajstić information content (AvgIpc) is 2.81. The van der Waals surface area contributed by atoms with Gasteiger partial charge < -0.3 is 10.4 Å². The number of Topliss-reactive ketones (excluding diaryl/α,β-unsaturated/α-hetero) is 1. The number of piperidine rings is 1. The molecule has 2 aliphatic carbocycles. The molecule has 0 radical (unpaired) electrons. The summed E-state index contributed by atoms with van der Waals surface area (Å²) in [6.45, 7) is 7.42. The summed E-state index contributed by atoms with van der Waals surface area (Å²) < 4.78 is 31.0. The van der Waals surface area contributed by atoms with Crippen molar-refractivity contribution >= 4 is 15.9 Å². The van der Waals surface area contributed by atoms with Crippen LogP contribution in [0.4, 0.5) is 0 Å². The van der Waals surface area contributed by atoms with E-state index in [1.165, 1.54) is 12.8 Å². The second-order valence-corrected chi connectivity index (χ2v) is 9.78. The Morgan fingerprint density at radius 1 is 1.25 bits per heavy atom. The molecule has 24 heavy (non-hydrogen) atoms. The summed E-state index contributed by atoms with van der Waals surface area (Å²) in [5.74, 6) is 0.414. The number of aliphatic hydroxyl groups is 1. The molecule has 0 spiro atoms. The van der Waals surface area contributed by atoms with Crippen molar-refractivity contribution in [3.8, 4) is 0 Å². The van der Waals surface area contributed by atoms with Gasteiger partial charge in [-0.1, -0.05) is 13.8 Å². The topological polar surface area (TPSA) is 104 Å². The summed E-state index contributed by atoms with van der Waals surface area (Å²) in [6, 6.07) is 0.660. The van der Waals surface area contributed by atoms with Gasteiger partial charge in [0.1, 0.15) is 5.78 Å². The predicted octanol–water partition coefficient (Wildman–Crippen LogP) is 1.64. The van der Waals surface area contributed by atoms with Gasteiger partial charge in [0, 0.05) is 25.6 Å². The molecule has 1 saturated heterocycles. The maximum atomic E-state index is 11.9. The van der Waals surface area contributed by atoms with Gasteiger partial charge in [-0.3, -0.25) is 9.35 Å². The maximum Gasteiger partial charge on any atom is 0.265 e. The number of carbonyl (C=O) groups excluding carboxylic acids is 1. The molecule has 7 heteroatoms. The molecule has 3 rings (SSSR count). The second kappa shape index (κ2) is 7.02. The van der Waals surface area contributed by atoms with Crippen molar-refractivity contribution in [3.63, 3.8) is 0 Å². The number of hydrogen-bond donors (Lipinski definition) is 3. The van der Waals surface area contributed by atoms with Gasteiger partial charge in [-0.05, 0) is 49.9 Å². The van der Waals surface area contributed by atoms with Gasteiger partial charge in [-0.15, -0.1) is 0 Å². The summed E-state index contributed by atoms with van der Waals surface area (Å²) in [4.78, 5) is 11.9. The normalized spacial score (nSPS) is 37.9. The molecule has 2 bridgehead atoms. The first kappa shape index (κ1) is 19.8. The van der Waals surface area contributed by atoms with Gasteiger partial charge in [0.15, 0.2) is 0 Å². The Labute approximate surface area is 145 Å². The Kier molecular flexibility index (Phi) is 5.79. The smallest absolute Gasteiger partial charge is 0.265 e. The molecule has 1 heterocycles. The minimum Gasteiger partial charge on any atom is -0.396 e. The number of hydrogen-bond acceptors (Lipinski definition) is 5. The summed E-state index contributed by atoms with van der Waals surface area (Å²) in [5.41, 5.74) is -1.12. The molecular weight excluding hydrogens is 330 g/mol. The van der Waals surface area contributed by atoms with E-state index in [9.17, 15) is 13.2 Å². The SMILES string of the molecule is CC1(C)C2CCC1(CS(=O)(=O)O)C(=O)C2.CC1CCC(CO)CN1. The van der Waals surface area contributed by atoms with E-state index in [2.05, 4.69) is 12.2 Å². The standard InChI is InChI=1S/C10H16O4S.C7H15NO/c1-9(2)7-3-4-10(9,8(11)5-7)6-15(12,13)14;1-6-2-3-7(5-9)4-8-6/h7H,3-6H2,1-2H3,(H,12,13,14);6-9H,2-5H2,1H3. The van der Waals surface area contributed by atoms with E-state index in [-0.39, 0.29) is 17.1 Å². The van der Waals surface area contributed by atoms with Crippen LogP contribution in [0.2, 0.25) is 0 Å². The molecular formula is C17H31NO5S. The van der Waals surface area contributed by atoms with Crippen LogP contribution in [0.25, 0.3) is 0 Å². The van der Waals surface area contributed by atoms with Gasteiger partial charge in [0.2, 0.25) is 0 Å². The van der Waals surface area contributed by atoms with Gasteiger partial charge in [-0.2, -0.15) is 8.42 Å². The lowest BCUT2D eigenvalue weighted by Crippen LogP contribution is -2.42. The van der Waals surface area contributed by atoms with Crippen molar-refractivity contribution in [3.05, 3.63) is 0 Å². The number of nitrogens with one attached hydrogen (secondary N) is 1.